The highest BCUT2D eigenvalue weighted by molar-refractivity contribution is 7.98. The fourth-order valence-corrected chi connectivity index (χ4v) is 2.32. The van der Waals surface area contributed by atoms with Crippen LogP contribution in [-0.2, 0) is 4.79 Å². The molecule has 2 rings (SSSR count). The third-order valence-electron chi connectivity index (χ3n) is 2.28. The first-order chi connectivity index (χ1) is 9.69. The zero-order valence-corrected chi connectivity index (χ0v) is 12.5. The molecule has 106 valence electrons. The second kappa shape index (κ2) is 8.39. The molecule has 2 aromatic rings. The highest BCUT2D eigenvalue weighted by Crippen LogP contribution is 2.37. The molecule has 0 spiro atoms. The average Bonchev–Trinajstić information content (AvgIpc) is 2.47. The summed E-state index contributed by atoms with van der Waals surface area (Å²) in [5.41, 5.74) is 1.65. The van der Waals surface area contributed by atoms with Crippen LogP contribution in [0.15, 0.2) is 35.6 Å². The molecule has 5 nitrogen and oxygen atoms in total. The predicted octanol–water partition coefficient (Wildman–Crippen LogP) is 3.23. The maximum absolute atomic E-state index is 8.36. The third kappa shape index (κ3) is 3.85. The SMILES string of the molecule is COc1c(Cl)ccnc1-c1cccnc1SC.O=CO. The minimum absolute atomic E-state index is 0.250. The molecular formula is C13H13ClN2O3S. The number of pyridine rings is 2. The van der Waals surface area contributed by atoms with E-state index in [0.717, 1.165) is 16.3 Å². The Morgan fingerprint density at radius 3 is 2.65 bits per heavy atom. The van der Waals surface area contributed by atoms with E-state index in [4.69, 9.17) is 26.2 Å². The number of hydrogen-bond donors (Lipinski definition) is 1. The number of carboxylic acid groups (broad SMARTS) is 1. The Balaban J connectivity index is 0.000000612. The molecule has 0 saturated heterocycles. The molecule has 7 heteroatoms. The standard InChI is InChI=1S/C12H11ClN2OS.CH2O2/c1-16-11-9(13)5-7-14-10(11)8-4-3-6-15-12(8)17-2;2-1-3/h3-7H,1-2H3;1H,(H,2,3). The van der Waals surface area contributed by atoms with Gasteiger partial charge >= 0.3 is 0 Å². The summed E-state index contributed by atoms with van der Waals surface area (Å²) in [6.07, 6.45) is 5.40. The second-order valence-electron chi connectivity index (χ2n) is 3.34. The third-order valence-corrected chi connectivity index (χ3v) is 3.29. The molecule has 0 aliphatic carbocycles. The van der Waals surface area contributed by atoms with Crippen molar-refractivity contribution in [1.29, 1.82) is 0 Å². The highest BCUT2D eigenvalue weighted by Gasteiger charge is 2.14. The Kier molecular flexibility index (Phi) is 6.83. The van der Waals surface area contributed by atoms with Crippen molar-refractivity contribution in [2.24, 2.45) is 0 Å². The van der Waals surface area contributed by atoms with Gasteiger partial charge in [0, 0.05) is 18.0 Å². The summed E-state index contributed by atoms with van der Waals surface area (Å²) in [4.78, 5) is 17.0. The highest BCUT2D eigenvalue weighted by atomic mass is 35.5. The molecule has 0 aromatic carbocycles. The molecule has 0 fully saturated rings. The fraction of sp³-hybridized carbons (Fsp3) is 0.154. The van der Waals surface area contributed by atoms with E-state index in [9.17, 15) is 0 Å². The normalized spacial score (nSPS) is 9.35. The largest absolute Gasteiger partial charge is 0.493 e. The molecule has 0 saturated carbocycles. The number of ether oxygens (including phenoxy) is 1. The lowest BCUT2D eigenvalue weighted by Crippen LogP contribution is -1.94. The van der Waals surface area contributed by atoms with Crippen LogP contribution in [0.5, 0.6) is 5.75 Å². The van der Waals surface area contributed by atoms with Gasteiger partial charge < -0.3 is 9.84 Å². The van der Waals surface area contributed by atoms with Gasteiger partial charge in [0.2, 0.25) is 0 Å². The van der Waals surface area contributed by atoms with Crippen molar-refractivity contribution >= 4 is 29.8 Å². The quantitative estimate of drug-likeness (QED) is 0.693. The Labute approximate surface area is 126 Å². The lowest BCUT2D eigenvalue weighted by molar-refractivity contribution is -0.122. The molecule has 2 heterocycles. The van der Waals surface area contributed by atoms with Crippen molar-refractivity contribution < 1.29 is 14.6 Å². The van der Waals surface area contributed by atoms with E-state index in [1.54, 1.807) is 37.3 Å². The van der Waals surface area contributed by atoms with E-state index in [2.05, 4.69) is 9.97 Å². The van der Waals surface area contributed by atoms with E-state index < -0.39 is 0 Å². The van der Waals surface area contributed by atoms with Crippen molar-refractivity contribution in [2.45, 2.75) is 5.03 Å². The van der Waals surface area contributed by atoms with Crippen LogP contribution in [0.1, 0.15) is 0 Å². The van der Waals surface area contributed by atoms with E-state index in [1.807, 2.05) is 18.4 Å². The van der Waals surface area contributed by atoms with Gasteiger partial charge in [0.25, 0.3) is 6.47 Å². The molecule has 0 aliphatic rings. The number of hydrogen-bond acceptors (Lipinski definition) is 5. The molecule has 0 atom stereocenters. The van der Waals surface area contributed by atoms with Crippen LogP contribution in [-0.4, -0.2) is 34.9 Å². The Morgan fingerprint density at radius 2 is 2.05 bits per heavy atom. The molecule has 0 amide bonds. The molecule has 20 heavy (non-hydrogen) atoms. The lowest BCUT2D eigenvalue weighted by atomic mass is 10.2. The monoisotopic (exact) mass is 312 g/mol. The first-order valence-electron chi connectivity index (χ1n) is 5.45. The van der Waals surface area contributed by atoms with E-state index in [-0.39, 0.29) is 6.47 Å². The first kappa shape index (κ1) is 16.3. The lowest BCUT2D eigenvalue weighted by Gasteiger charge is -2.10. The zero-order valence-electron chi connectivity index (χ0n) is 10.9. The van der Waals surface area contributed by atoms with Gasteiger partial charge in [-0.25, -0.2) is 4.98 Å². The van der Waals surface area contributed by atoms with Crippen molar-refractivity contribution in [2.75, 3.05) is 13.4 Å². The number of halogens is 1. The number of rotatable bonds is 3. The van der Waals surface area contributed by atoms with E-state index in [1.165, 1.54) is 0 Å². The van der Waals surface area contributed by atoms with Crippen LogP contribution in [0.25, 0.3) is 11.3 Å². The summed E-state index contributed by atoms with van der Waals surface area (Å²) in [7, 11) is 1.58. The van der Waals surface area contributed by atoms with Gasteiger partial charge in [-0.3, -0.25) is 9.78 Å². The Bertz CT molecular complexity index is 581. The van der Waals surface area contributed by atoms with Gasteiger partial charge in [0.15, 0.2) is 5.75 Å². The average molecular weight is 313 g/mol. The molecule has 0 unspecified atom stereocenters. The number of nitrogens with zero attached hydrogens (tertiary/aromatic N) is 2. The molecule has 1 N–H and O–H groups in total. The smallest absolute Gasteiger partial charge is 0.290 e. The summed E-state index contributed by atoms with van der Waals surface area (Å²) in [6.45, 7) is -0.250. The summed E-state index contributed by atoms with van der Waals surface area (Å²) in [5.74, 6) is 0.581. The topological polar surface area (TPSA) is 72.3 Å². The predicted molar refractivity (Wildman–Crippen MR) is 79.5 cm³/mol. The van der Waals surface area contributed by atoms with Crippen LogP contribution < -0.4 is 4.74 Å². The van der Waals surface area contributed by atoms with Gasteiger partial charge in [-0.1, -0.05) is 11.6 Å². The summed E-state index contributed by atoms with van der Waals surface area (Å²) in [6, 6.07) is 5.54. The number of thioether (sulfide) groups is 1. The zero-order chi connectivity index (χ0) is 15.0. The van der Waals surface area contributed by atoms with Crippen LogP contribution in [0.4, 0.5) is 0 Å². The maximum atomic E-state index is 8.36. The maximum Gasteiger partial charge on any atom is 0.290 e. The van der Waals surface area contributed by atoms with Gasteiger partial charge in [0.05, 0.1) is 12.1 Å². The van der Waals surface area contributed by atoms with Gasteiger partial charge in [-0.05, 0) is 24.5 Å². The van der Waals surface area contributed by atoms with Crippen molar-refractivity contribution in [3.63, 3.8) is 0 Å². The summed E-state index contributed by atoms with van der Waals surface area (Å²) < 4.78 is 5.30. The molecule has 0 aliphatic heterocycles. The first-order valence-corrected chi connectivity index (χ1v) is 7.05. The number of carbonyl (C=O) groups is 1. The molecule has 2 aromatic heterocycles. The summed E-state index contributed by atoms with van der Waals surface area (Å²) >= 11 is 7.65. The van der Waals surface area contributed by atoms with Crippen LogP contribution in [0.3, 0.4) is 0 Å². The minimum Gasteiger partial charge on any atom is -0.493 e. The number of aromatic nitrogens is 2. The minimum atomic E-state index is -0.250. The molecule has 0 bridgehead atoms. The van der Waals surface area contributed by atoms with Crippen LogP contribution >= 0.6 is 23.4 Å². The van der Waals surface area contributed by atoms with Crippen LogP contribution in [0, 0.1) is 0 Å². The van der Waals surface area contributed by atoms with Gasteiger partial charge in [0.1, 0.15) is 10.7 Å². The fourth-order valence-electron chi connectivity index (χ4n) is 1.54. The van der Waals surface area contributed by atoms with Crippen molar-refractivity contribution in [3.05, 3.63) is 35.6 Å². The molecule has 0 radical (unpaired) electrons. The van der Waals surface area contributed by atoms with Gasteiger partial charge in [-0.2, -0.15) is 0 Å². The van der Waals surface area contributed by atoms with E-state index in [0.29, 0.717) is 10.8 Å². The van der Waals surface area contributed by atoms with Gasteiger partial charge in [-0.15, -0.1) is 11.8 Å². The van der Waals surface area contributed by atoms with Crippen LogP contribution in [0.2, 0.25) is 5.02 Å². The Hall–Kier alpha value is -1.79. The van der Waals surface area contributed by atoms with Crippen molar-refractivity contribution in [3.8, 4) is 17.0 Å². The van der Waals surface area contributed by atoms with E-state index >= 15 is 0 Å². The van der Waals surface area contributed by atoms with Crippen molar-refractivity contribution in [1.82, 2.24) is 9.97 Å². The number of methoxy groups -OCH3 is 1. The molecular weight excluding hydrogens is 300 g/mol. The summed E-state index contributed by atoms with van der Waals surface area (Å²) in [5, 5.41) is 8.34. The second-order valence-corrected chi connectivity index (χ2v) is 4.54. The Morgan fingerprint density at radius 1 is 1.35 bits per heavy atom.